The first-order valence-corrected chi connectivity index (χ1v) is 9.66. The van der Waals surface area contributed by atoms with Crippen LogP contribution in [0, 0.1) is 21.8 Å². The zero-order chi connectivity index (χ0) is 20.7. The summed E-state index contributed by atoms with van der Waals surface area (Å²) in [6, 6.07) is 10.7. The van der Waals surface area contributed by atoms with Crippen molar-refractivity contribution in [2.75, 3.05) is 19.0 Å². The lowest BCUT2D eigenvalue weighted by Crippen LogP contribution is -2.14. The number of anilines is 1. The first kappa shape index (κ1) is 21.8. The highest BCUT2D eigenvalue weighted by Crippen LogP contribution is 2.34. The maximum absolute atomic E-state index is 12.6. The van der Waals surface area contributed by atoms with Gasteiger partial charge in [-0.05, 0) is 64.9 Å². The number of halogens is 2. The summed E-state index contributed by atoms with van der Waals surface area (Å²) in [4.78, 5) is 12.6. The number of ether oxygens (including phenoxy) is 2. The van der Waals surface area contributed by atoms with Crippen molar-refractivity contribution in [3.63, 3.8) is 0 Å². The number of amides is 1. The minimum atomic E-state index is -0.542. The number of nitriles is 1. The summed E-state index contributed by atoms with van der Waals surface area (Å²) in [6.07, 6.45) is 3.13. The van der Waals surface area contributed by atoms with E-state index in [1.54, 1.807) is 30.3 Å². The first-order valence-electron chi connectivity index (χ1n) is 8.20. The molecule has 0 atom stereocenters. The van der Waals surface area contributed by atoms with E-state index in [1.807, 2.05) is 19.1 Å². The Kier molecular flexibility index (Phi) is 7.91. The van der Waals surface area contributed by atoms with Crippen LogP contribution in [0.5, 0.6) is 11.5 Å². The summed E-state index contributed by atoms with van der Waals surface area (Å²) in [5, 5.41) is 12.6. The van der Waals surface area contributed by atoms with Gasteiger partial charge in [0.25, 0.3) is 5.91 Å². The SMILES string of the molecule is C=CCOc1c(I)cc(/C=C(\C#N)C(=O)Nc2c(C)cccc2Cl)cc1OC. The van der Waals surface area contributed by atoms with Crippen LogP contribution in [-0.2, 0) is 4.79 Å². The Morgan fingerprint density at radius 2 is 2.18 bits per heavy atom. The van der Waals surface area contributed by atoms with Crippen molar-refractivity contribution in [1.29, 1.82) is 5.26 Å². The molecule has 144 valence electrons. The van der Waals surface area contributed by atoms with Gasteiger partial charge in [-0.1, -0.05) is 36.4 Å². The van der Waals surface area contributed by atoms with Crippen LogP contribution in [0.3, 0.4) is 0 Å². The molecule has 0 aliphatic heterocycles. The molecule has 0 bridgehead atoms. The predicted molar refractivity (Wildman–Crippen MR) is 120 cm³/mol. The zero-order valence-electron chi connectivity index (χ0n) is 15.4. The Labute approximate surface area is 182 Å². The highest BCUT2D eigenvalue weighted by molar-refractivity contribution is 14.1. The van der Waals surface area contributed by atoms with Gasteiger partial charge in [0.2, 0.25) is 0 Å². The Balaban J connectivity index is 2.36. The van der Waals surface area contributed by atoms with Crippen molar-refractivity contribution in [2.24, 2.45) is 0 Å². The number of nitrogens with one attached hydrogen (secondary N) is 1. The minimum Gasteiger partial charge on any atom is -0.493 e. The van der Waals surface area contributed by atoms with Crippen LogP contribution < -0.4 is 14.8 Å². The lowest BCUT2D eigenvalue weighted by Gasteiger charge is -2.13. The Bertz CT molecular complexity index is 960. The molecule has 0 saturated carbocycles. The molecule has 0 aliphatic carbocycles. The second kappa shape index (κ2) is 10.2. The normalized spacial score (nSPS) is 10.8. The maximum Gasteiger partial charge on any atom is 0.266 e. The third kappa shape index (κ3) is 5.27. The summed E-state index contributed by atoms with van der Waals surface area (Å²) < 4.78 is 11.8. The molecule has 28 heavy (non-hydrogen) atoms. The highest BCUT2D eigenvalue weighted by Gasteiger charge is 2.15. The average Bonchev–Trinajstić information content (AvgIpc) is 2.67. The maximum atomic E-state index is 12.6. The fourth-order valence-corrected chi connectivity index (χ4v) is 3.44. The van der Waals surface area contributed by atoms with E-state index in [2.05, 4.69) is 34.5 Å². The molecule has 5 nitrogen and oxygen atoms in total. The third-order valence-electron chi connectivity index (χ3n) is 3.73. The van der Waals surface area contributed by atoms with Crippen LogP contribution in [0.4, 0.5) is 5.69 Å². The fraction of sp³-hybridized carbons (Fsp3) is 0.143. The second-order valence-electron chi connectivity index (χ2n) is 5.69. The topological polar surface area (TPSA) is 71.3 Å². The largest absolute Gasteiger partial charge is 0.493 e. The average molecular weight is 509 g/mol. The molecule has 2 aromatic carbocycles. The van der Waals surface area contributed by atoms with Crippen LogP contribution >= 0.6 is 34.2 Å². The van der Waals surface area contributed by atoms with Crippen LogP contribution in [0.15, 0.2) is 48.6 Å². The number of hydrogen-bond donors (Lipinski definition) is 1. The molecule has 0 saturated heterocycles. The Hall–Kier alpha value is -2.50. The quantitative estimate of drug-likeness (QED) is 0.236. The summed E-state index contributed by atoms with van der Waals surface area (Å²) in [5.41, 5.74) is 1.86. The lowest BCUT2D eigenvalue weighted by atomic mass is 10.1. The van der Waals surface area contributed by atoms with Gasteiger partial charge >= 0.3 is 0 Å². The number of para-hydroxylation sites is 1. The molecule has 1 N–H and O–H groups in total. The van der Waals surface area contributed by atoms with Crippen molar-refractivity contribution < 1.29 is 14.3 Å². The number of nitrogens with zero attached hydrogens (tertiary/aromatic N) is 1. The smallest absolute Gasteiger partial charge is 0.266 e. The summed E-state index contributed by atoms with van der Waals surface area (Å²) in [5.74, 6) is 0.536. The molecule has 0 spiro atoms. The molecule has 0 aliphatic rings. The lowest BCUT2D eigenvalue weighted by molar-refractivity contribution is -0.112. The molecule has 0 aromatic heterocycles. The van der Waals surface area contributed by atoms with E-state index < -0.39 is 5.91 Å². The van der Waals surface area contributed by atoms with Crippen molar-refractivity contribution in [2.45, 2.75) is 6.92 Å². The molecule has 2 rings (SSSR count). The van der Waals surface area contributed by atoms with Crippen molar-refractivity contribution in [1.82, 2.24) is 0 Å². The van der Waals surface area contributed by atoms with Gasteiger partial charge in [-0.3, -0.25) is 4.79 Å². The third-order valence-corrected chi connectivity index (χ3v) is 4.85. The molecule has 0 radical (unpaired) electrons. The van der Waals surface area contributed by atoms with Crippen molar-refractivity contribution in [3.8, 4) is 17.6 Å². The van der Waals surface area contributed by atoms with Crippen molar-refractivity contribution in [3.05, 3.63) is 68.3 Å². The number of carbonyl (C=O) groups excluding carboxylic acids is 1. The molecular weight excluding hydrogens is 491 g/mol. The van der Waals surface area contributed by atoms with Crippen LogP contribution in [-0.4, -0.2) is 19.6 Å². The molecule has 1 amide bonds. The molecule has 0 heterocycles. The standard InChI is InChI=1S/C21H18ClIN2O3/c1-4-8-28-20-17(23)10-14(11-18(20)27-3)9-15(12-24)21(26)25-19-13(2)6-5-7-16(19)22/h4-7,9-11H,1,8H2,2-3H3,(H,25,26)/b15-9+. The predicted octanol–water partition coefficient (Wildman–Crippen LogP) is 5.37. The number of rotatable bonds is 7. The zero-order valence-corrected chi connectivity index (χ0v) is 18.3. The van der Waals surface area contributed by atoms with E-state index in [0.717, 1.165) is 9.13 Å². The van der Waals surface area contributed by atoms with E-state index in [4.69, 9.17) is 21.1 Å². The molecule has 2 aromatic rings. The molecule has 0 unspecified atom stereocenters. The summed E-state index contributed by atoms with van der Waals surface area (Å²) >= 11 is 8.25. The van der Waals surface area contributed by atoms with Crippen LogP contribution in [0.1, 0.15) is 11.1 Å². The van der Waals surface area contributed by atoms with Gasteiger partial charge in [0.1, 0.15) is 18.2 Å². The van der Waals surface area contributed by atoms with Gasteiger partial charge in [-0.25, -0.2) is 0 Å². The first-order chi connectivity index (χ1) is 13.4. The van der Waals surface area contributed by atoms with Gasteiger partial charge in [0, 0.05) is 0 Å². The van der Waals surface area contributed by atoms with Gasteiger partial charge in [0.15, 0.2) is 11.5 Å². The summed E-state index contributed by atoms with van der Waals surface area (Å²) in [6.45, 7) is 5.79. The van der Waals surface area contributed by atoms with Crippen LogP contribution in [0.2, 0.25) is 5.02 Å². The Morgan fingerprint density at radius 1 is 1.43 bits per heavy atom. The van der Waals surface area contributed by atoms with Gasteiger partial charge in [0.05, 0.1) is 21.4 Å². The Morgan fingerprint density at radius 3 is 2.79 bits per heavy atom. The second-order valence-corrected chi connectivity index (χ2v) is 7.26. The molecule has 7 heteroatoms. The van der Waals surface area contributed by atoms with Crippen molar-refractivity contribution >= 4 is 51.9 Å². The van der Waals surface area contributed by atoms with E-state index in [9.17, 15) is 10.1 Å². The summed E-state index contributed by atoms with van der Waals surface area (Å²) in [7, 11) is 1.53. The molecular formula is C21H18ClIN2O3. The number of methoxy groups -OCH3 is 1. The number of benzene rings is 2. The van der Waals surface area contributed by atoms with E-state index in [1.165, 1.54) is 13.2 Å². The van der Waals surface area contributed by atoms with E-state index in [0.29, 0.717) is 34.4 Å². The minimum absolute atomic E-state index is 0.0584. The number of carbonyl (C=O) groups is 1. The highest BCUT2D eigenvalue weighted by atomic mass is 127. The van der Waals surface area contributed by atoms with E-state index >= 15 is 0 Å². The number of aryl methyl sites for hydroxylation is 1. The van der Waals surface area contributed by atoms with E-state index in [-0.39, 0.29) is 5.57 Å². The van der Waals surface area contributed by atoms with Crippen LogP contribution in [0.25, 0.3) is 6.08 Å². The van der Waals surface area contributed by atoms with Gasteiger partial charge < -0.3 is 14.8 Å². The van der Waals surface area contributed by atoms with Gasteiger partial charge in [-0.2, -0.15) is 5.26 Å². The fourth-order valence-electron chi connectivity index (χ4n) is 2.39. The van der Waals surface area contributed by atoms with Gasteiger partial charge in [-0.15, -0.1) is 0 Å². The number of hydrogen-bond acceptors (Lipinski definition) is 4. The molecule has 0 fully saturated rings. The monoisotopic (exact) mass is 508 g/mol.